The van der Waals surface area contributed by atoms with Crippen molar-refractivity contribution in [2.75, 3.05) is 46.3 Å². The summed E-state index contributed by atoms with van der Waals surface area (Å²) in [7, 11) is 3.29. The zero-order chi connectivity index (χ0) is 15.8. The molecule has 5 heteroatoms. The highest BCUT2D eigenvalue weighted by molar-refractivity contribution is 5.96. The number of methoxy groups -OCH3 is 2. The lowest BCUT2D eigenvalue weighted by atomic mass is 10.0. The van der Waals surface area contributed by atoms with E-state index in [9.17, 15) is 4.79 Å². The molecule has 1 rings (SSSR count). The van der Waals surface area contributed by atoms with E-state index in [0.717, 1.165) is 17.5 Å². The topological polar surface area (TPSA) is 64.8 Å². The van der Waals surface area contributed by atoms with Gasteiger partial charge in [-0.15, -0.1) is 0 Å². The Morgan fingerprint density at radius 2 is 1.76 bits per heavy atom. The van der Waals surface area contributed by atoms with Crippen molar-refractivity contribution in [1.82, 2.24) is 4.90 Å². The van der Waals surface area contributed by atoms with Crippen molar-refractivity contribution in [2.24, 2.45) is 0 Å². The second kappa shape index (κ2) is 8.64. The van der Waals surface area contributed by atoms with Crippen LogP contribution in [-0.4, -0.2) is 51.3 Å². The van der Waals surface area contributed by atoms with Crippen LogP contribution in [0.2, 0.25) is 0 Å². The van der Waals surface area contributed by atoms with Crippen LogP contribution in [0, 0.1) is 13.8 Å². The Kier molecular flexibility index (Phi) is 7.19. The van der Waals surface area contributed by atoms with Gasteiger partial charge in [-0.3, -0.25) is 4.79 Å². The van der Waals surface area contributed by atoms with E-state index >= 15 is 0 Å². The summed E-state index contributed by atoms with van der Waals surface area (Å²) in [6, 6.07) is 3.72. The minimum absolute atomic E-state index is 0.00708. The van der Waals surface area contributed by atoms with E-state index in [4.69, 9.17) is 15.2 Å². The number of carbonyl (C=O) groups is 1. The molecule has 0 aliphatic heterocycles. The number of aryl methyl sites for hydroxylation is 2. The van der Waals surface area contributed by atoms with Gasteiger partial charge in [0.1, 0.15) is 0 Å². The first-order chi connectivity index (χ1) is 10.0. The molecular weight excluding hydrogens is 268 g/mol. The van der Waals surface area contributed by atoms with E-state index in [1.807, 2.05) is 19.9 Å². The van der Waals surface area contributed by atoms with Crippen LogP contribution < -0.4 is 5.73 Å². The van der Waals surface area contributed by atoms with Crippen LogP contribution in [0.3, 0.4) is 0 Å². The maximum Gasteiger partial charge on any atom is 0.254 e. The molecule has 0 aliphatic rings. The van der Waals surface area contributed by atoms with E-state index in [-0.39, 0.29) is 5.91 Å². The first-order valence-electron chi connectivity index (χ1n) is 7.15. The minimum atomic E-state index is -0.00708. The van der Waals surface area contributed by atoms with Crippen molar-refractivity contribution in [3.05, 3.63) is 28.8 Å². The molecule has 5 nitrogen and oxygen atoms in total. The van der Waals surface area contributed by atoms with E-state index in [1.54, 1.807) is 25.2 Å². The number of benzene rings is 1. The third kappa shape index (κ3) is 5.02. The summed E-state index contributed by atoms with van der Waals surface area (Å²) in [5.74, 6) is -0.00708. The number of carbonyl (C=O) groups excluding carboxylic acids is 1. The van der Waals surface area contributed by atoms with Crippen molar-refractivity contribution < 1.29 is 14.3 Å². The van der Waals surface area contributed by atoms with Crippen LogP contribution in [0.4, 0.5) is 5.69 Å². The Morgan fingerprint density at radius 1 is 1.10 bits per heavy atom. The molecule has 0 spiro atoms. The lowest BCUT2D eigenvalue weighted by Crippen LogP contribution is -2.35. The standard InChI is InChI=1S/C16H26N2O3/c1-12-10-13(2)15(17)11-14(12)16(19)18(7-9-21-4)6-5-8-20-3/h10-11H,5-9,17H2,1-4H3. The molecule has 0 aliphatic carbocycles. The van der Waals surface area contributed by atoms with Crippen LogP contribution in [0.15, 0.2) is 12.1 Å². The summed E-state index contributed by atoms with van der Waals surface area (Å²) in [5, 5.41) is 0. The molecule has 2 N–H and O–H groups in total. The number of nitrogens with two attached hydrogens (primary N) is 1. The average molecular weight is 294 g/mol. The van der Waals surface area contributed by atoms with Gasteiger partial charge in [0.2, 0.25) is 0 Å². The number of anilines is 1. The van der Waals surface area contributed by atoms with Gasteiger partial charge in [0.05, 0.1) is 6.61 Å². The minimum Gasteiger partial charge on any atom is -0.398 e. The lowest BCUT2D eigenvalue weighted by molar-refractivity contribution is 0.0673. The molecule has 1 aromatic rings. The Morgan fingerprint density at radius 3 is 2.38 bits per heavy atom. The first kappa shape index (κ1) is 17.5. The number of nitrogens with zero attached hydrogens (tertiary/aromatic N) is 1. The molecule has 0 saturated carbocycles. The van der Waals surface area contributed by atoms with Gasteiger partial charge in [0, 0.05) is 45.2 Å². The molecule has 0 radical (unpaired) electrons. The number of nitrogen functional groups attached to an aromatic ring is 1. The van der Waals surface area contributed by atoms with Crippen LogP contribution in [-0.2, 0) is 9.47 Å². The molecule has 0 fully saturated rings. The fourth-order valence-electron chi connectivity index (χ4n) is 2.19. The summed E-state index contributed by atoms with van der Waals surface area (Å²) in [5.41, 5.74) is 9.18. The molecule has 21 heavy (non-hydrogen) atoms. The maximum atomic E-state index is 12.7. The highest BCUT2D eigenvalue weighted by atomic mass is 16.5. The van der Waals surface area contributed by atoms with Crippen LogP contribution in [0.1, 0.15) is 27.9 Å². The Hall–Kier alpha value is -1.59. The number of amides is 1. The van der Waals surface area contributed by atoms with Gasteiger partial charge in [0.15, 0.2) is 0 Å². The van der Waals surface area contributed by atoms with E-state index in [2.05, 4.69) is 0 Å². The van der Waals surface area contributed by atoms with Gasteiger partial charge in [-0.1, -0.05) is 6.07 Å². The van der Waals surface area contributed by atoms with Crippen LogP contribution in [0.25, 0.3) is 0 Å². The summed E-state index contributed by atoms with van der Waals surface area (Å²) >= 11 is 0. The largest absolute Gasteiger partial charge is 0.398 e. The van der Waals surface area contributed by atoms with Gasteiger partial charge < -0.3 is 20.1 Å². The number of hydrogen-bond acceptors (Lipinski definition) is 4. The smallest absolute Gasteiger partial charge is 0.254 e. The predicted molar refractivity (Wildman–Crippen MR) is 84.6 cm³/mol. The number of hydrogen-bond donors (Lipinski definition) is 1. The predicted octanol–water partition coefficient (Wildman–Crippen LogP) is 2.01. The van der Waals surface area contributed by atoms with Crippen molar-refractivity contribution in [2.45, 2.75) is 20.3 Å². The van der Waals surface area contributed by atoms with Crippen molar-refractivity contribution in [3.8, 4) is 0 Å². The van der Waals surface area contributed by atoms with Crippen LogP contribution in [0.5, 0.6) is 0 Å². The SMILES string of the molecule is COCCCN(CCOC)C(=O)c1cc(N)c(C)cc1C. The zero-order valence-electron chi connectivity index (χ0n) is 13.4. The van der Waals surface area contributed by atoms with Gasteiger partial charge >= 0.3 is 0 Å². The fraction of sp³-hybridized carbons (Fsp3) is 0.562. The number of ether oxygens (including phenoxy) is 2. The zero-order valence-corrected chi connectivity index (χ0v) is 13.4. The highest BCUT2D eigenvalue weighted by Gasteiger charge is 2.18. The normalized spacial score (nSPS) is 10.7. The van der Waals surface area contributed by atoms with E-state index in [0.29, 0.717) is 37.6 Å². The van der Waals surface area contributed by atoms with Gasteiger partial charge in [-0.05, 0) is 37.5 Å². The summed E-state index contributed by atoms with van der Waals surface area (Å²) in [6.45, 7) is 6.22. The molecule has 0 saturated heterocycles. The molecule has 0 heterocycles. The van der Waals surface area contributed by atoms with Gasteiger partial charge in [-0.2, -0.15) is 0 Å². The van der Waals surface area contributed by atoms with Crippen molar-refractivity contribution >= 4 is 11.6 Å². The maximum absolute atomic E-state index is 12.7. The second-order valence-electron chi connectivity index (χ2n) is 5.16. The van der Waals surface area contributed by atoms with E-state index < -0.39 is 0 Å². The van der Waals surface area contributed by atoms with Crippen molar-refractivity contribution in [1.29, 1.82) is 0 Å². The highest BCUT2D eigenvalue weighted by Crippen LogP contribution is 2.19. The van der Waals surface area contributed by atoms with Gasteiger partial charge in [0.25, 0.3) is 5.91 Å². The molecule has 0 bridgehead atoms. The molecule has 1 aromatic carbocycles. The molecule has 0 atom stereocenters. The molecule has 1 amide bonds. The molecule has 118 valence electrons. The third-order valence-electron chi connectivity index (χ3n) is 3.47. The van der Waals surface area contributed by atoms with Crippen molar-refractivity contribution in [3.63, 3.8) is 0 Å². The monoisotopic (exact) mass is 294 g/mol. The lowest BCUT2D eigenvalue weighted by Gasteiger charge is -2.23. The second-order valence-corrected chi connectivity index (χ2v) is 5.16. The Bertz CT molecular complexity index is 475. The van der Waals surface area contributed by atoms with Crippen LogP contribution >= 0.6 is 0 Å². The Balaban J connectivity index is 2.90. The average Bonchev–Trinajstić information content (AvgIpc) is 2.46. The fourth-order valence-corrected chi connectivity index (χ4v) is 2.19. The third-order valence-corrected chi connectivity index (χ3v) is 3.47. The summed E-state index contributed by atoms with van der Waals surface area (Å²) in [4.78, 5) is 14.5. The Labute approximate surface area is 127 Å². The molecule has 0 unspecified atom stereocenters. The quantitative estimate of drug-likeness (QED) is 0.588. The van der Waals surface area contributed by atoms with Gasteiger partial charge in [-0.25, -0.2) is 0 Å². The summed E-state index contributed by atoms with van der Waals surface area (Å²) < 4.78 is 10.1. The molecular formula is C16H26N2O3. The van der Waals surface area contributed by atoms with E-state index in [1.165, 1.54) is 0 Å². The summed E-state index contributed by atoms with van der Waals surface area (Å²) in [6.07, 6.45) is 0.798. The number of rotatable bonds is 8. The molecule has 0 aromatic heterocycles. The first-order valence-corrected chi connectivity index (χ1v) is 7.15.